The lowest BCUT2D eigenvalue weighted by atomic mass is 9.96. The molecule has 4 rings (SSSR count). The third-order valence-electron chi connectivity index (χ3n) is 6.28. The molecule has 0 radical (unpaired) electrons. The Kier molecular flexibility index (Phi) is 8.20. The average Bonchev–Trinajstić information content (AvgIpc) is 2.89. The molecule has 0 spiro atoms. The summed E-state index contributed by atoms with van der Waals surface area (Å²) in [4.78, 5) is 46.8. The first kappa shape index (κ1) is 24.9. The van der Waals surface area contributed by atoms with Gasteiger partial charge in [-0.05, 0) is 50.1 Å². The Morgan fingerprint density at radius 3 is 2.46 bits per heavy atom. The maximum Gasteiger partial charge on any atom is 0.309 e. The lowest BCUT2D eigenvalue weighted by Gasteiger charge is -2.33. The molecule has 35 heavy (non-hydrogen) atoms. The van der Waals surface area contributed by atoms with Crippen LogP contribution in [0.1, 0.15) is 40.5 Å². The highest BCUT2D eigenvalue weighted by atomic mass is 35.5. The molecule has 2 aliphatic rings. The Bertz CT molecular complexity index is 1060. The number of piperazine rings is 1. The third-order valence-corrected chi connectivity index (χ3v) is 6.53. The number of rotatable bonds is 6. The number of pyridine rings is 1. The van der Waals surface area contributed by atoms with Gasteiger partial charge >= 0.3 is 5.97 Å². The van der Waals surface area contributed by atoms with Gasteiger partial charge in [0.1, 0.15) is 5.82 Å². The number of hydrogen-bond donors (Lipinski definition) is 2. The largest absolute Gasteiger partial charge is 0.466 e. The van der Waals surface area contributed by atoms with Gasteiger partial charge in [0.05, 0.1) is 30.0 Å². The van der Waals surface area contributed by atoms with Crippen molar-refractivity contribution in [1.29, 1.82) is 0 Å². The van der Waals surface area contributed by atoms with Crippen molar-refractivity contribution in [3.05, 3.63) is 52.7 Å². The summed E-state index contributed by atoms with van der Waals surface area (Å²) in [6.45, 7) is 6.13. The summed E-state index contributed by atoms with van der Waals surface area (Å²) in [5.74, 6) is -0.249. The first-order valence-corrected chi connectivity index (χ1v) is 12.3. The molecule has 0 saturated carbocycles. The summed E-state index contributed by atoms with van der Waals surface area (Å²) in [7, 11) is 0. The third kappa shape index (κ3) is 6.10. The minimum absolute atomic E-state index is 0.157. The van der Waals surface area contributed by atoms with Gasteiger partial charge in [-0.2, -0.15) is 0 Å². The predicted molar refractivity (Wildman–Crippen MR) is 134 cm³/mol. The molecule has 0 aliphatic carbocycles. The molecule has 9 nitrogen and oxygen atoms in total. The van der Waals surface area contributed by atoms with E-state index in [0.717, 1.165) is 26.2 Å². The van der Waals surface area contributed by atoms with Gasteiger partial charge in [-0.25, -0.2) is 4.98 Å². The molecule has 2 fully saturated rings. The number of nitrogens with zero attached hydrogens (tertiary/aromatic N) is 3. The van der Waals surface area contributed by atoms with E-state index in [0.29, 0.717) is 60.2 Å². The van der Waals surface area contributed by atoms with E-state index in [1.165, 1.54) is 0 Å². The summed E-state index contributed by atoms with van der Waals surface area (Å²) >= 11 is 5.92. The lowest BCUT2D eigenvalue weighted by molar-refractivity contribution is -0.149. The van der Waals surface area contributed by atoms with E-state index >= 15 is 0 Å². The van der Waals surface area contributed by atoms with E-state index in [1.54, 1.807) is 48.4 Å². The van der Waals surface area contributed by atoms with E-state index < -0.39 is 0 Å². The van der Waals surface area contributed by atoms with Crippen LogP contribution < -0.4 is 15.5 Å². The number of carbonyl (C=O) groups excluding carboxylic acids is 3. The number of amides is 2. The van der Waals surface area contributed by atoms with Gasteiger partial charge in [0.2, 0.25) is 0 Å². The van der Waals surface area contributed by atoms with E-state index in [9.17, 15) is 14.4 Å². The van der Waals surface area contributed by atoms with Gasteiger partial charge in [0, 0.05) is 49.9 Å². The Balaban J connectivity index is 1.54. The van der Waals surface area contributed by atoms with Gasteiger partial charge in [-0.3, -0.25) is 14.4 Å². The van der Waals surface area contributed by atoms with Crippen molar-refractivity contribution in [3.63, 3.8) is 0 Å². The van der Waals surface area contributed by atoms with Crippen LogP contribution in [0.3, 0.4) is 0 Å². The fourth-order valence-electron chi connectivity index (χ4n) is 4.37. The first-order chi connectivity index (χ1) is 17.0. The molecule has 1 aromatic carbocycles. The zero-order valence-electron chi connectivity index (χ0n) is 19.8. The second-order valence-corrected chi connectivity index (χ2v) is 9.05. The standard InChI is InChI=1S/C25H30ClN5O4/c1-2-35-25(34)18-7-11-31(12-8-18)24(33)21-15-20(16-28-22(21)30-13-9-27-10-14-30)29-23(32)17-3-5-19(26)6-4-17/h3-6,15-16,18,27H,2,7-14H2,1H3,(H,29,32). The number of likely N-dealkylation sites (tertiary alicyclic amines) is 1. The van der Waals surface area contributed by atoms with Gasteiger partial charge < -0.3 is 25.2 Å². The van der Waals surface area contributed by atoms with Crippen LogP contribution in [0.5, 0.6) is 0 Å². The second-order valence-electron chi connectivity index (χ2n) is 8.61. The van der Waals surface area contributed by atoms with Crippen molar-refractivity contribution in [1.82, 2.24) is 15.2 Å². The molecule has 1 aromatic heterocycles. The van der Waals surface area contributed by atoms with Crippen molar-refractivity contribution in [2.75, 3.05) is 56.1 Å². The van der Waals surface area contributed by atoms with Crippen LogP contribution >= 0.6 is 11.6 Å². The van der Waals surface area contributed by atoms with Crippen molar-refractivity contribution in [3.8, 4) is 0 Å². The molecule has 0 atom stereocenters. The number of nitrogens with one attached hydrogen (secondary N) is 2. The van der Waals surface area contributed by atoms with Gasteiger partial charge in [-0.1, -0.05) is 11.6 Å². The summed E-state index contributed by atoms with van der Waals surface area (Å²) < 4.78 is 5.14. The molecule has 0 unspecified atom stereocenters. The van der Waals surface area contributed by atoms with Crippen LogP contribution in [-0.4, -0.2) is 73.5 Å². The molecule has 2 N–H and O–H groups in total. The highest BCUT2D eigenvalue weighted by Crippen LogP contribution is 2.27. The Morgan fingerprint density at radius 2 is 1.80 bits per heavy atom. The number of benzene rings is 1. The molecule has 10 heteroatoms. The highest BCUT2D eigenvalue weighted by Gasteiger charge is 2.31. The molecule has 2 aromatic rings. The molecular weight excluding hydrogens is 470 g/mol. The van der Waals surface area contributed by atoms with E-state index in [2.05, 4.69) is 20.5 Å². The Hall–Kier alpha value is -3.17. The number of carbonyl (C=O) groups is 3. The number of aromatic nitrogens is 1. The smallest absolute Gasteiger partial charge is 0.309 e. The van der Waals surface area contributed by atoms with Crippen LogP contribution in [0.25, 0.3) is 0 Å². The minimum atomic E-state index is -0.313. The molecule has 2 aliphatic heterocycles. The van der Waals surface area contributed by atoms with Gasteiger partial charge in [-0.15, -0.1) is 0 Å². The van der Waals surface area contributed by atoms with Crippen LogP contribution in [0.15, 0.2) is 36.5 Å². The molecule has 0 bridgehead atoms. The van der Waals surface area contributed by atoms with Crippen molar-refractivity contribution >= 4 is 40.9 Å². The molecule has 2 saturated heterocycles. The van der Waals surface area contributed by atoms with Crippen LogP contribution in [0.2, 0.25) is 5.02 Å². The highest BCUT2D eigenvalue weighted by molar-refractivity contribution is 6.30. The molecule has 186 valence electrons. The number of ether oxygens (including phenoxy) is 1. The van der Waals surface area contributed by atoms with E-state index in [4.69, 9.17) is 16.3 Å². The van der Waals surface area contributed by atoms with Crippen LogP contribution in [0.4, 0.5) is 11.5 Å². The van der Waals surface area contributed by atoms with Crippen molar-refractivity contribution in [2.45, 2.75) is 19.8 Å². The average molecular weight is 500 g/mol. The van der Waals surface area contributed by atoms with Gasteiger partial charge in [0.15, 0.2) is 0 Å². The fraction of sp³-hybridized carbons (Fsp3) is 0.440. The van der Waals surface area contributed by atoms with Crippen molar-refractivity contribution in [2.24, 2.45) is 5.92 Å². The topological polar surface area (TPSA) is 104 Å². The Morgan fingerprint density at radius 1 is 1.11 bits per heavy atom. The summed E-state index contributed by atoms with van der Waals surface area (Å²) in [5, 5.41) is 6.69. The molecule has 3 heterocycles. The Labute approximate surface area is 209 Å². The zero-order chi connectivity index (χ0) is 24.8. The maximum atomic E-state index is 13.6. The maximum absolute atomic E-state index is 13.6. The SMILES string of the molecule is CCOC(=O)C1CCN(C(=O)c2cc(NC(=O)c3ccc(Cl)cc3)cnc2N2CCNCC2)CC1. The lowest BCUT2D eigenvalue weighted by Crippen LogP contribution is -2.45. The van der Waals surface area contributed by atoms with E-state index in [1.807, 2.05) is 0 Å². The minimum Gasteiger partial charge on any atom is -0.466 e. The zero-order valence-corrected chi connectivity index (χ0v) is 20.5. The predicted octanol–water partition coefficient (Wildman–Crippen LogP) is 2.81. The number of piperidine rings is 1. The normalized spacial score (nSPS) is 16.6. The quantitative estimate of drug-likeness (QED) is 0.589. The fourth-order valence-corrected chi connectivity index (χ4v) is 4.49. The number of halogens is 1. The van der Waals surface area contributed by atoms with Gasteiger partial charge in [0.25, 0.3) is 11.8 Å². The molecule has 2 amide bonds. The summed E-state index contributed by atoms with van der Waals surface area (Å²) in [6, 6.07) is 8.27. The molecular formula is C25H30ClN5O4. The monoisotopic (exact) mass is 499 g/mol. The second kappa shape index (κ2) is 11.5. The summed E-state index contributed by atoms with van der Waals surface area (Å²) in [5.41, 5.74) is 1.33. The van der Waals surface area contributed by atoms with Crippen LogP contribution in [0, 0.1) is 5.92 Å². The van der Waals surface area contributed by atoms with Crippen molar-refractivity contribution < 1.29 is 19.1 Å². The van der Waals surface area contributed by atoms with E-state index in [-0.39, 0.29) is 23.7 Å². The van der Waals surface area contributed by atoms with Crippen LogP contribution in [-0.2, 0) is 9.53 Å². The first-order valence-electron chi connectivity index (χ1n) is 11.9. The number of anilines is 2. The summed E-state index contributed by atoms with van der Waals surface area (Å²) in [6.07, 6.45) is 2.71. The number of hydrogen-bond acceptors (Lipinski definition) is 7. The number of esters is 1.